The van der Waals surface area contributed by atoms with Gasteiger partial charge in [-0.3, -0.25) is 14.5 Å². The molecular formula is C23H22N2O3S2. The van der Waals surface area contributed by atoms with Crippen LogP contribution in [0.2, 0.25) is 0 Å². The number of nitrogens with one attached hydrogen (secondary N) is 1. The lowest BCUT2D eigenvalue weighted by Crippen LogP contribution is -2.27. The second kappa shape index (κ2) is 9.73. The molecular weight excluding hydrogens is 416 g/mol. The van der Waals surface area contributed by atoms with Gasteiger partial charge in [-0.15, -0.1) is 6.58 Å². The lowest BCUT2D eigenvalue weighted by Gasteiger charge is -2.12. The Kier molecular flexibility index (Phi) is 7.07. The first-order valence-electron chi connectivity index (χ1n) is 9.34. The Bertz CT molecular complexity index is 1050. The smallest absolute Gasteiger partial charge is 0.266 e. The number of rotatable bonds is 7. The van der Waals surface area contributed by atoms with Crippen molar-refractivity contribution >= 4 is 51.9 Å². The molecule has 154 valence electrons. The van der Waals surface area contributed by atoms with E-state index in [-0.39, 0.29) is 18.4 Å². The molecule has 0 radical (unpaired) electrons. The molecule has 2 aromatic rings. The van der Waals surface area contributed by atoms with E-state index >= 15 is 0 Å². The van der Waals surface area contributed by atoms with Gasteiger partial charge in [0, 0.05) is 17.8 Å². The number of aryl methyl sites for hydroxylation is 2. The number of anilines is 1. The zero-order valence-electron chi connectivity index (χ0n) is 16.8. The van der Waals surface area contributed by atoms with Crippen molar-refractivity contribution in [1.29, 1.82) is 0 Å². The van der Waals surface area contributed by atoms with E-state index in [1.54, 1.807) is 18.2 Å². The van der Waals surface area contributed by atoms with Crippen molar-refractivity contribution in [1.82, 2.24) is 4.90 Å². The first-order valence-corrected chi connectivity index (χ1v) is 10.6. The van der Waals surface area contributed by atoms with Crippen LogP contribution < -0.4 is 10.1 Å². The number of hydrogen-bond donors (Lipinski definition) is 1. The van der Waals surface area contributed by atoms with Crippen LogP contribution in [-0.4, -0.2) is 34.2 Å². The summed E-state index contributed by atoms with van der Waals surface area (Å²) in [5.74, 6) is 0.103. The highest BCUT2D eigenvalue weighted by Crippen LogP contribution is 2.34. The monoisotopic (exact) mass is 438 g/mol. The first-order chi connectivity index (χ1) is 14.4. The third kappa shape index (κ3) is 5.17. The zero-order valence-corrected chi connectivity index (χ0v) is 18.4. The van der Waals surface area contributed by atoms with Crippen LogP contribution >= 0.6 is 24.0 Å². The van der Waals surface area contributed by atoms with Crippen molar-refractivity contribution in [3.8, 4) is 5.75 Å². The Morgan fingerprint density at radius 2 is 2.03 bits per heavy atom. The fourth-order valence-electron chi connectivity index (χ4n) is 2.86. The van der Waals surface area contributed by atoms with Gasteiger partial charge in [-0.2, -0.15) is 0 Å². The highest BCUT2D eigenvalue weighted by Gasteiger charge is 2.31. The summed E-state index contributed by atoms with van der Waals surface area (Å²) in [6.07, 6.45) is 3.37. The van der Waals surface area contributed by atoms with Crippen molar-refractivity contribution in [2.75, 3.05) is 18.5 Å². The average molecular weight is 439 g/mol. The summed E-state index contributed by atoms with van der Waals surface area (Å²) in [4.78, 5) is 26.9. The molecule has 0 bridgehead atoms. The van der Waals surface area contributed by atoms with E-state index in [1.807, 2.05) is 50.2 Å². The van der Waals surface area contributed by atoms with Gasteiger partial charge in [0.05, 0.1) is 4.91 Å². The lowest BCUT2D eigenvalue weighted by atomic mass is 10.1. The largest absolute Gasteiger partial charge is 0.483 e. The summed E-state index contributed by atoms with van der Waals surface area (Å²) in [5, 5.41) is 2.88. The minimum absolute atomic E-state index is 0.143. The number of carbonyl (C=O) groups excluding carboxylic acids is 2. The van der Waals surface area contributed by atoms with Crippen LogP contribution in [0.4, 0.5) is 5.69 Å². The van der Waals surface area contributed by atoms with Crippen LogP contribution in [0.3, 0.4) is 0 Å². The van der Waals surface area contributed by atoms with Crippen LogP contribution in [0, 0.1) is 13.8 Å². The Morgan fingerprint density at radius 3 is 2.80 bits per heavy atom. The van der Waals surface area contributed by atoms with E-state index in [4.69, 9.17) is 17.0 Å². The predicted octanol–water partition coefficient (Wildman–Crippen LogP) is 4.71. The Labute approximate surface area is 185 Å². The maximum atomic E-state index is 12.5. The molecule has 5 nitrogen and oxygen atoms in total. The summed E-state index contributed by atoms with van der Waals surface area (Å²) in [5.41, 5.74) is 3.52. The van der Waals surface area contributed by atoms with Crippen LogP contribution in [-0.2, 0) is 9.59 Å². The summed E-state index contributed by atoms with van der Waals surface area (Å²) in [6, 6.07) is 13.1. The topological polar surface area (TPSA) is 58.6 Å². The minimum atomic E-state index is -0.254. The first kappa shape index (κ1) is 21.8. The van der Waals surface area contributed by atoms with Gasteiger partial charge in [0.15, 0.2) is 6.61 Å². The van der Waals surface area contributed by atoms with Gasteiger partial charge in [0.1, 0.15) is 10.1 Å². The third-order valence-corrected chi connectivity index (χ3v) is 5.79. The number of ether oxygens (including phenoxy) is 1. The molecule has 1 fully saturated rings. The molecule has 0 aromatic heterocycles. The van der Waals surface area contributed by atoms with E-state index in [9.17, 15) is 9.59 Å². The molecule has 2 amide bonds. The molecule has 0 saturated carbocycles. The van der Waals surface area contributed by atoms with Crippen LogP contribution in [0.1, 0.15) is 16.7 Å². The number of carbonyl (C=O) groups is 2. The van der Waals surface area contributed by atoms with Crippen molar-refractivity contribution < 1.29 is 14.3 Å². The van der Waals surface area contributed by atoms with Crippen LogP contribution in [0.5, 0.6) is 5.75 Å². The van der Waals surface area contributed by atoms with Gasteiger partial charge in [-0.05, 0) is 43.2 Å². The number of benzene rings is 2. The van der Waals surface area contributed by atoms with E-state index in [0.29, 0.717) is 27.1 Å². The van der Waals surface area contributed by atoms with E-state index < -0.39 is 0 Å². The van der Waals surface area contributed by atoms with Gasteiger partial charge in [0.2, 0.25) is 0 Å². The number of nitrogens with zero attached hydrogens (tertiary/aromatic N) is 1. The Hall–Kier alpha value is -2.90. The molecule has 7 heteroatoms. The molecule has 0 atom stereocenters. The van der Waals surface area contributed by atoms with E-state index in [0.717, 1.165) is 16.8 Å². The van der Waals surface area contributed by atoms with Gasteiger partial charge < -0.3 is 10.1 Å². The summed E-state index contributed by atoms with van der Waals surface area (Å²) in [7, 11) is 0. The standard InChI is InChI=1S/C23H22N2O3S2/c1-4-11-25-22(27)20(30-23(25)29)13-17-7-5-6-8-19(17)28-14-21(26)24-18-12-15(2)9-10-16(18)3/h4-10,12-13H,1,11,14H2,2-3H3,(H,24,26)/b20-13-. The highest BCUT2D eigenvalue weighted by atomic mass is 32.2. The lowest BCUT2D eigenvalue weighted by molar-refractivity contribution is -0.121. The fourth-order valence-corrected chi connectivity index (χ4v) is 4.12. The molecule has 0 aliphatic carbocycles. The maximum Gasteiger partial charge on any atom is 0.266 e. The molecule has 1 aliphatic rings. The summed E-state index contributed by atoms with van der Waals surface area (Å²) >= 11 is 6.51. The fraction of sp³-hybridized carbons (Fsp3) is 0.174. The van der Waals surface area contributed by atoms with Gasteiger partial charge >= 0.3 is 0 Å². The van der Waals surface area contributed by atoms with Gasteiger partial charge in [-0.25, -0.2) is 0 Å². The number of thiocarbonyl (C=S) groups is 1. The molecule has 0 spiro atoms. The molecule has 1 heterocycles. The summed E-state index contributed by atoms with van der Waals surface area (Å²) < 4.78 is 6.25. The van der Waals surface area contributed by atoms with Crippen LogP contribution in [0.15, 0.2) is 60.0 Å². The SMILES string of the molecule is C=CCN1C(=O)/C(=C/c2ccccc2OCC(=O)Nc2cc(C)ccc2C)SC1=S. The van der Waals surface area contributed by atoms with Gasteiger partial charge in [-0.1, -0.05) is 60.4 Å². The maximum absolute atomic E-state index is 12.5. The van der Waals surface area contributed by atoms with Crippen LogP contribution in [0.25, 0.3) is 6.08 Å². The highest BCUT2D eigenvalue weighted by molar-refractivity contribution is 8.26. The molecule has 2 aromatic carbocycles. The Morgan fingerprint density at radius 1 is 1.27 bits per heavy atom. The van der Waals surface area contributed by atoms with Crippen molar-refractivity contribution in [2.24, 2.45) is 0 Å². The molecule has 0 unspecified atom stereocenters. The molecule has 1 aliphatic heterocycles. The normalized spacial score (nSPS) is 14.9. The summed E-state index contributed by atoms with van der Waals surface area (Å²) in [6.45, 7) is 7.80. The van der Waals surface area contributed by atoms with Crippen molar-refractivity contribution in [3.05, 3.63) is 76.7 Å². The quantitative estimate of drug-likeness (QED) is 0.385. The van der Waals surface area contributed by atoms with Crippen molar-refractivity contribution in [2.45, 2.75) is 13.8 Å². The third-order valence-electron chi connectivity index (χ3n) is 4.42. The predicted molar refractivity (Wildman–Crippen MR) is 127 cm³/mol. The molecule has 1 saturated heterocycles. The number of thioether (sulfide) groups is 1. The Balaban J connectivity index is 1.71. The second-order valence-corrected chi connectivity index (χ2v) is 8.45. The van der Waals surface area contributed by atoms with E-state index in [2.05, 4.69) is 11.9 Å². The van der Waals surface area contributed by atoms with E-state index in [1.165, 1.54) is 16.7 Å². The number of hydrogen-bond acceptors (Lipinski definition) is 5. The number of amides is 2. The molecule has 30 heavy (non-hydrogen) atoms. The average Bonchev–Trinajstić information content (AvgIpc) is 2.98. The molecule has 3 rings (SSSR count). The second-order valence-electron chi connectivity index (χ2n) is 6.77. The zero-order chi connectivity index (χ0) is 21.7. The number of para-hydroxylation sites is 1. The molecule has 1 N–H and O–H groups in total. The minimum Gasteiger partial charge on any atom is -0.483 e. The van der Waals surface area contributed by atoms with Crippen molar-refractivity contribution in [3.63, 3.8) is 0 Å². The van der Waals surface area contributed by atoms with Gasteiger partial charge in [0.25, 0.3) is 11.8 Å².